The van der Waals surface area contributed by atoms with Crippen LogP contribution in [-0.4, -0.2) is 41.3 Å². The van der Waals surface area contributed by atoms with Gasteiger partial charge in [0.25, 0.3) is 10.0 Å². The molecule has 1 aromatic rings. The number of thioether (sulfide) groups is 1. The fourth-order valence-corrected chi connectivity index (χ4v) is 6.65. The Balaban J connectivity index is 2.37. The second kappa shape index (κ2) is 4.99. The molecule has 2 unspecified atom stereocenters. The summed E-state index contributed by atoms with van der Waals surface area (Å²) in [7, 11) is -3.53. The molecule has 2 rings (SSSR count). The minimum absolute atomic E-state index is 0.152. The summed E-state index contributed by atoms with van der Waals surface area (Å²) in [6.07, 6.45) is 0. The van der Waals surface area contributed by atoms with Crippen LogP contribution in [0.15, 0.2) is 9.00 Å². The van der Waals surface area contributed by atoms with E-state index in [0.717, 1.165) is 11.3 Å². The summed E-state index contributed by atoms with van der Waals surface area (Å²) in [6.45, 7) is 6.67. The fourth-order valence-electron chi connectivity index (χ4n) is 2.08. The Morgan fingerprint density at radius 3 is 2.28 bits per heavy atom. The van der Waals surface area contributed by atoms with Crippen LogP contribution in [0.3, 0.4) is 0 Å². The second-order valence-electron chi connectivity index (χ2n) is 4.51. The van der Waals surface area contributed by atoms with Crippen molar-refractivity contribution in [1.82, 2.24) is 9.29 Å². The number of sulfonamides is 1. The van der Waals surface area contributed by atoms with E-state index in [2.05, 4.69) is 4.98 Å². The number of H-pyrrole nitrogens is 1. The third kappa shape index (κ3) is 2.66. The lowest BCUT2D eigenvalue weighted by molar-refractivity contribution is 0.405. The highest BCUT2D eigenvalue weighted by atomic mass is 32.2. The number of thiazole rings is 1. The van der Waals surface area contributed by atoms with Crippen LogP contribution in [0.5, 0.6) is 0 Å². The van der Waals surface area contributed by atoms with E-state index in [1.165, 1.54) is 4.31 Å². The number of rotatable bonds is 2. The number of hydrogen-bond acceptors (Lipinski definition) is 5. The smallest absolute Gasteiger partial charge is 0.305 e. The summed E-state index contributed by atoms with van der Waals surface area (Å²) in [5.41, 5.74) is 0.434. The molecule has 0 aliphatic carbocycles. The number of aryl methyl sites for hydroxylation is 1. The summed E-state index contributed by atoms with van der Waals surface area (Å²) < 4.78 is 26.6. The highest BCUT2D eigenvalue weighted by Crippen LogP contribution is 2.30. The largest absolute Gasteiger partial charge is 0.315 e. The molecule has 1 fully saturated rings. The normalized spacial score (nSPS) is 26.4. The van der Waals surface area contributed by atoms with Gasteiger partial charge in [-0.2, -0.15) is 16.1 Å². The van der Waals surface area contributed by atoms with Crippen molar-refractivity contribution in [3.63, 3.8) is 0 Å². The monoisotopic (exact) mass is 308 g/mol. The Labute approximate surface area is 115 Å². The topological polar surface area (TPSA) is 70.2 Å². The van der Waals surface area contributed by atoms with E-state index >= 15 is 0 Å². The Kier molecular flexibility index (Phi) is 3.91. The molecule has 2 atom stereocenters. The van der Waals surface area contributed by atoms with E-state index in [9.17, 15) is 13.2 Å². The molecule has 18 heavy (non-hydrogen) atoms. The lowest BCUT2D eigenvalue weighted by Crippen LogP contribution is -2.43. The van der Waals surface area contributed by atoms with Gasteiger partial charge in [0, 0.05) is 29.3 Å². The van der Waals surface area contributed by atoms with Crippen LogP contribution < -0.4 is 4.87 Å². The molecule has 0 amide bonds. The molecule has 0 spiro atoms. The van der Waals surface area contributed by atoms with Crippen LogP contribution in [-0.2, 0) is 10.0 Å². The number of aromatic amines is 1. The lowest BCUT2D eigenvalue weighted by atomic mass is 10.4. The first-order valence-electron chi connectivity index (χ1n) is 5.66. The molecule has 8 heteroatoms. The van der Waals surface area contributed by atoms with Gasteiger partial charge in [0.2, 0.25) is 0 Å². The Morgan fingerprint density at radius 2 is 1.83 bits per heavy atom. The third-order valence-electron chi connectivity index (χ3n) is 2.74. The summed E-state index contributed by atoms with van der Waals surface area (Å²) in [5.74, 6) is 0. The maximum Gasteiger partial charge on any atom is 0.305 e. The van der Waals surface area contributed by atoms with Crippen LogP contribution >= 0.6 is 23.1 Å². The molecular formula is C10H16N2O3S3. The van der Waals surface area contributed by atoms with Gasteiger partial charge in [-0.1, -0.05) is 25.2 Å². The predicted octanol–water partition coefficient (Wildman–Crippen LogP) is 1.26. The molecule has 1 saturated heterocycles. The minimum Gasteiger partial charge on any atom is -0.315 e. The molecular weight excluding hydrogens is 292 g/mol. The van der Waals surface area contributed by atoms with Crippen LogP contribution in [0.25, 0.3) is 0 Å². The van der Waals surface area contributed by atoms with Crippen molar-refractivity contribution < 1.29 is 8.42 Å². The molecule has 0 radical (unpaired) electrons. The van der Waals surface area contributed by atoms with Gasteiger partial charge in [0.05, 0.1) is 0 Å². The number of hydrogen-bond donors (Lipinski definition) is 1. The van der Waals surface area contributed by atoms with Gasteiger partial charge in [-0.05, 0) is 6.92 Å². The van der Waals surface area contributed by atoms with Crippen molar-refractivity contribution in [2.75, 3.05) is 13.1 Å². The molecule has 1 N–H and O–H groups in total. The standard InChI is InChI=1S/C10H16N2O3S3/c1-6-4-12(5-7(2)16-6)18(14,15)9-8(3)11-10(13)17-9/h6-7H,4-5H2,1-3H3,(H,11,13). The number of aromatic nitrogens is 1. The average molecular weight is 308 g/mol. The van der Waals surface area contributed by atoms with Crippen molar-refractivity contribution in [3.05, 3.63) is 15.4 Å². The molecule has 2 heterocycles. The zero-order valence-electron chi connectivity index (χ0n) is 10.5. The van der Waals surface area contributed by atoms with Crippen molar-refractivity contribution in [1.29, 1.82) is 0 Å². The first-order valence-corrected chi connectivity index (χ1v) is 8.86. The van der Waals surface area contributed by atoms with E-state index in [4.69, 9.17) is 0 Å². The molecule has 1 aliphatic rings. The zero-order valence-corrected chi connectivity index (χ0v) is 12.9. The quantitative estimate of drug-likeness (QED) is 0.893. The van der Waals surface area contributed by atoms with Gasteiger partial charge >= 0.3 is 4.87 Å². The fraction of sp³-hybridized carbons (Fsp3) is 0.700. The SMILES string of the molecule is Cc1[nH]c(=O)sc1S(=O)(=O)N1CC(C)SC(C)C1. The second-order valence-corrected chi connectivity index (χ2v) is 9.50. The van der Waals surface area contributed by atoms with E-state index in [1.54, 1.807) is 18.7 Å². The highest BCUT2D eigenvalue weighted by Gasteiger charge is 2.34. The Hall–Kier alpha value is -0.310. The van der Waals surface area contributed by atoms with Gasteiger partial charge < -0.3 is 4.98 Å². The first-order chi connectivity index (χ1) is 8.30. The number of nitrogens with zero attached hydrogens (tertiary/aromatic N) is 1. The minimum atomic E-state index is -3.53. The maximum atomic E-state index is 12.5. The third-order valence-corrected chi connectivity index (χ3v) is 7.38. The van der Waals surface area contributed by atoms with Crippen LogP contribution in [0, 0.1) is 6.92 Å². The summed E-state index contributed by atoms with van der Waals surface area (Å²) in [6, 6.07) is 0. The van der Waals surface area contributed by atoms with E-state index in [-0.39, 0.29) is 19.6 Å². The summed E-state index contributed by atoms with van der Waals surface area (Å²) >= 11 is 2.56. The Bertz CT molecular complexity index is 580. The van der Waals surface area contributed by atoms with E-state index < -0.39 is 10.0 Å². The molecule has 1 aromatic heterocycles. The number of nitrogens with one attached hydrogen (secondary N) is 1. The molecule has 0 aromatic carbocycles. The lowest BCUT2D eigenvalue weighted by Gasteiger charge is -2.33. The van der Waals surface area contributed by atoms with Crippen molar-refractivity contribution in [2.45, 2.75) is 35.5 Å². The first kappa shape index (κ1) is 14.1. The highest BCUT2D eigenvalue weighted by molar-refractivity contribution is 8.00. The van der Waals surface area contributed by atoms with Crippen molar-refractivity contribution >= 4 is 33.1 Å². The Morgan fingerprint density at radius 1 is 1.28 bits per heavy atom. The molecule has 0 bridgehead atoms. The molecule has 5 nitrogen and oxygen atoms in total. The van der Waals surface area contributed by atoms with E-state index in [0.29, 0.717) is 18.8 Å². The maximum absolute atomic E-state index is 12.5. The van der Waals surface area contributed by atoms with Crippen LogP contribution in [0.4, 0.5) is 0 Å². The van der Waals surface area contributed by atoms with Crippen LogP contribution in [0.2, 0.25) is 0 Å². The van der Waals surface area contributed by atoms with Crippen molar-refractivity contribution in [3.8, 4) is 0 Å². The van der Waals surface area contributed by atoms with Gasteiger partial charge in [0.15, 0.2) is 4.21 Å². The summed E-state index contributed by atoms with van der Waals surface area (Å²) in [5, 5.41) is 0.555. The molecule has 1 aliphatic heterocycles. The zero-order chi connectivity index (χ0) is 13.5. The molecule has 102 valence electrons. The molecule has 0 saturated carbocycles. The predicted molar refractivity (Wildman–Crippen MR) is 75.0 cm³/mol. The van der Waals surface area contributed by atoms with Crippen LogP contribution in [0.1, 0.15) is 19.5 Å². The van der Waals surface area contributed by atoms with Gasteiger partial charge in [-0.15, -0.1) is 0 Å². The van der Waals surface area contributed by atoms with Gasteiger partial charge in [0.1, 0.15) is 0 Å². The van der Waals surface area contributed by atoms with Crippen molar-refractivity contribution in [2.24, 2.45) is 0 Å². The summed E-state index contributed by atoms with van der Waals surface area (Å²) in [4.78, 5) is 13.5. The average Bonchev–Trinajstić information content (AvgIpc) is 2.57. The van der Waals surface area contributed by atoms with E-state index in [1.807, 2.05) is 13.8 Å². The van der Waals surface area contributed by atoms with Gasteiger partial charge in [-0.3, -0.25) is 4.79 Å². The van der Waals surface area contributed by atoms with Gasteiger partial charge in [-0.25, -0.2) is 8.42 Å².